The Labute approximate surface area is 146 Å². The molecule has 0 spiro atoms. The van der Waals surface area contributed by atoms with Crippen molar-refractivity contribution in [2.75, 3.05) is 6.61 Å². The number of hydrogen-bond acceptors (Lipinski definition) is 6. The smallest absolute Gasteiger partial charge is 0.223 e. The number of ether oxygens (including phenoxy) is 3. The van der Waals surface area contributed by atoms with Crippen molar-refractivity contribution in [3.63, 3.8) is 0 Å². The molecule has 0 aromatic carbocycles. The van der Waals surface area contributed by atoms with E-state index in [0.717, 1.165) is 11.1 Å². The predicted octanol–water partition coefficient (Wildman–Crippen LogP) is 3.01. The van der Waals surface area contributed by atoms with E-state index in [2.05, 4.69) is 15.0 Å². The lowest BCUT2D eigenvalue weighted by atomic mass is 10.3. The van der Waals surface area contributed by atoms with Gasteiger partial charge >= 0.3 is 0 Å². The van der Waals surface area contributed by atoms with Crippen molar-refractivity contribution in [2.45, 2.75) is 19.5 Å². The molecule has 0 amide bonds. The third-order valence-electron chi connectivity index (χ3n) is 3.37. The van der Waals surface area contributed by atoms with Crippen LogP contribution in [0.3, 0.4) is 0 Å². The Morgan fingerprint density at radius 2 is 1.20 bits per heavy atom. The van der Waals surface area contributed by atoms with E-state index in [1.165, 1.54) is 0 Å². The molecule has 0 aliphatic carbocycles. The van der Waals surface area contributed by atoms with Gasteiger partial charge in [0.1, 0.15) is 12.4 Å². The molecule has 6 nitrogen and oxygen atoms in total. The summed E-state index contributed by atoms with van der Waals surface area (Å²) in [6.45, 7) is 1.18. The van der Waals surface area contributed by atoms with Crippen LogP contribution in [0.15, 0.2) is 73.6 Å². The standard InChI is InChI=1S/C19H19N3O3/c1-7-20-8-2-16(1)13-23-15-19(25-18-5-11-22-12-6-18)24-14-17-3-9-21-10-4-17/h1-12,19H,13-15H2. The molecule has 25 heavy (non-hydrogen) atoms. The van der Waals surface area contributed by atoms with Crippen molar-refractivity contribution in [3.8, 4) is 5.75 Å². The summed E-state index contributed by atoms with van der Waals surface area (Å²) in [5, 5.41) is 0. The molecule has 3 aromatic heterocycles. The van der Waals surface area contributed by atoms with Gasteiger partial charge in [0.25, 0.3) is 0 Å². The van der Waals surface area contributed by atoms with Crippen LogP contribution in [0.5, 0.6) is 5.75 Å². The van der Waals surface area contributed by atoms with E-state index in [4.69, 9.17) is 14.2 Å². The molecular weight excluding hydrogens is 318 g/mol. The Hall–Kier alpha value is -2.83. The van der Waals surface area contributed by atoms with E-state index in [0.29, 0.717) is 25.6 Å². The first-order valence-corrected chi connectivity index (χ1v) is 7.94. The van der Waals surface area contributed by atoms with Gasteiger partial charge in [0, 0.05) is 37.2 Å². The van der Waals surface area contributed by atoms with Gasteiger partial charge in [-0.2, -0.15) is 0 Å². The third kappa shape index (κ3) is 5.95. The molecule has 0 N–H and O–H groups in total. The highest BCUT2D eigenvalue weighted by Gasteiger charge is 2.12. The maximum absolute atomic E-state index is 5.86. The van der Waals surface area contributed by atoms with Gasteiger partial charge in [0.2, 0.25) is 6.29 Å². The van der Waals surface area contributed by atoms with Gasteiger partial charge in [0.15, 0.2) is 0 Å². The van der Waals surface area contributed by atoms with E-state index in [9.17, 15) is 0 Å². The average molecular weight is 337 g/mol. The number of nitrogens with zero attached hydrogens (tertiary/aromatic N) is 3. The van der Waals surface area contributed by atoms with Crippen LogP contribution < -0.4 is 4.74 Å². The summed E-state index contributed by atoms with van der Waals surface area (Å²) < 4.78 is 17.5. The summed E-state index contributed by atoms with van der Waals surface area (Å²) in [4.78, 5) is 12.0. The summed E-state index contributed by atoms with van der Waals surface area (Å²) in [7, 11) is 0. The molecule has 0 radical (unpaired) electrons. The molecule has 0 aliphatic rings. The highest BCUT2D eigenvalue weighted by molar-refractivity contribution is 5.17. The van der Waals surface area contributed by atoms with Crippen molar-refractivity contribution in [1.29, 1.82) is 0 Å². The molecule has 3 aromatic rings. The molecular formula is C19H19N3O3. The summed E-state index contributed by atoms with van der Waals surface area (Å²) in [6.07, 6.45) is 9.76. The van der Waals surface area contributed by atoms with Crippen LogP contribution in [0.4, 0.5) is 0 Å². The lowest BCUT2D eigenvalue weighted by Crippen LogP contribution is -2.26. The zero-order chi connectivity index (χ0) is 17.2. The quantitative estimate of drug-likeness (QED) is 0.559. The molecule has 1 unspecified atom stereocenters. The van der Waals surface area contributed by atoms with Gasteiger partial charge in [-0.1, -0.05) is 0 Å². The van der Waals surface area contributed by atoms with Gasteiger partial charge in [0.05, 0.1) is 13.2 Å². The monoisotopic (exact) mass is 337 g/mol. The van der Waals surface area contributed by atoms with Gasteiger partial charge in [-0.3, -0.25) is 15.0 Å². The molecule has 3 rings (SSSR count). The summed E-state index contributed by atoms with van der Waals surface area (Å²) in [5.74, 6) is 0.683. The van der Waals surface area contributed by atoms with Crippen LogP contribution in [0, 0.1) is 0 Å². The zero-order valence-corrected chi connectivity index (χ0v) is 13.7. The molecule has 0 aliphatic heterocycles. The highest BCUT2D eigenvalue weighted by atomic mass is 16.7. The first-order valence-electron chi connectivity index (χ1n) is 7.94. The molecule has 6 heteroatoms. The Kier molecular flexibility index (Phi) is 6.44. The molecule has 0 bridgehead atoms. The lowest BCUT2D eigenvalue weighted by Gasteiger charge is -2.19. The van der Waals surface area contributed by atoms with Crippen molar-refractivity contribution in [2.24, 2.45) is 0 Å². The number of rotatable bonds is 9. The second-order valence-corrected chi connectivity index (χ2v) is 5.27. The third-order valence-corrected chi connectivity index (χ3v) is 3.37. The van der Waals surface area contributed by atoms with Crippen LogP contribution in [0.25, 0.3) is 0 Å². The fourth-order valence-electron chi connectivity index (χ4n) is 2.10. The molecule has 0 saturated heterocycles. The first-order chi connectivity index (χ1) is 12.4. The molecule has 0 fully saturated rings. The minimum atomic E-state index is -0.530. The van der Waals surface area contributed by atoms with Crippen LogP contribution in [0.1, 0.15) is 11.1 Å². The topological polar surface area (TPSA) is 66.4 Å². The zero-order valence-electron chi connectivity index (χ0n) is 13.7. The first kappa shape index (κ1) is 17.0. The second kappa shape index (κ2) is 9.46. The maximum atomic E-state index is 5.86. The van der Waals surface area contributed by atoms with E-state index in [-0.39, 0.29) is 0 Å². The van der Waals surface area contributed by atoms with Crippen LogP contribution >= 0.6 is 0 Å². The van der Waals surface area contributed by atoms with E-state index in [1.807, 2.05) is 24.3 Å². The Morgan fingerprint density at radius 3 is 1.80 bits per heavy atom. The normalized spacial score (nSPS) is 11.8. The van der Waals surface area contributed by atoms with Crippen LogP contribution in [0.2, 0.25) is 0 Å². The predicted molar refractivity (Wildman–Crippen MR) is 91.6 cm³/mol. The molecule has 0 saturated carbocycles. The Morgan fingerprint density at radius 1 is 0.680 bits per heavy atom. The number of pyridine rings is 3. The van der Waals surface area contributed by atoms with Gasteiger partial charge in [-0.05, 0) is 47.5 Å². The van der Waals surface area contributed by atoms with E-state index >= 15 is 0 Å². The van der Waals surface area contributed by atoms with Crippen LogP contribution in [-0.2, 0) is 22.7 Å². The number of aromatic nitrogens is 3. The largest absolute Gasteiger partial charge is 0.462 e. The summed E-state index contributed by atoms with van der Waals surface area (Å²) in [5.41, 5.74) is 2.07. The van der Waals surface area contributed by atoms with Gasteiger partial charge < -0.3 is 14.2 Å². The SMILES string of the molecule is c1cc(COCC(OCc2ccncc2)Oc2ccncc2)ccn1. The fraction of sp³-hybridized carbons (Fsp3) is 0.211. The lowest BCUT2D eigenvalue weighted by molar-refractivity contribution is -0.131. The minimum Gasteiger partial charge on any atom is -0.462 e. The van der Waals surface area contributed by atoms with Gasteiger partial charge in [-0.15, -0.1) is 0 Å². The highest BCUT2D eigenvalue weighted by Crippen LogP contribution is 2.13. The Bertz CT molecular complexity index is 727. The molecule has 128 valence electrons. The van der Waals surface area contributed by atoms with E-state index < -0.39 is 6.29 Å². The van der Waals surface area contributed by atoms with E-state index in [1.54, 1.807) is 49.3 Å². The molecule has 1 atom stereocenters. The van der Waals surface area contributed by atoms with Crippen molar-refractivity contribution in [3.05, 3.63) is 84.7 Å². The van der Waals surface area contributed by atoms with Crippen molar-refractivity contribution < 1.29 is 14.2 Å². The Balaban J connectivity index is 1.55. The van der Waals surface area contributed by atoms with Crippen molar-refractivity contribution in [1.82, 2.24) is 15.0 Å². The average Bonchev–Trinajstić information content (AvgIpc) is 2.68. The summed E-state index contributed by atoms with van der Waals surface area (Å²) in [6, 6.07) is 11.2. The second-order valence-electron chi connectivity index (χ2n) is 5.27. The number of hydrogen-bond donors (Lipinski definition) is 0. The summed E-state index contributed by atoms with van der Waals surface area (Å²) >= 11 is 0. The fourth-order valence-corrected chi connectivity index (χ4v) is 2.10. The molecule has 3 heterocycles. The van der Waals surface area contributed by atoms with Crippen molar-refractivity contribution >= 4 is 0 Å². The maximum Gasteiger partial charge on any atom is 0.223 e. The van der Waals surface area contributed by atoms with Crippen LogP contribution in [-0.4, -0.2) is 27.8 Å². The van der Waals surface area contributed by atoms with Gasteiger partial charge in [-0.25, -0.2) is 0 Å². The minimum absolute atomic E-state index is 0.301.